The number of nitrogens with zero attached hydrogens (tertiary/aromatic N) is 3. The van der Waals surface area contributed by atoms with E-state index in [1.807, 2.05) is 24.9 Å². The maximum absolute atomic E-state index is 12.0. The first-order valence-electron chi connectivity index (χ1n) is 6.25. The highest BCUT2D eigenvalue weighted by molar-refractivity contribution is 7.80. The van der Waals surface area contributed by atoms with Gasteiger partial charge in [-0.05, 0) is 25.0 Å². The average molecular weight is 278 g/mol. The summed E-state index contributed by atoms with van der Waals surface area (Å²) in [5.41, 5.74) is 7.55. The molecule has 0 unspecified atom stereocenters. The molecule has 2 rings (SSSR count). The van der Waals surface area contributed by atoms with Crippen molar-refractivity contribution in [3.63, 3.8) is 0 Å². The minimum Gasteiger partial charge on any atom is -0.389 e. The van der Waals surface area contributed by atoms with Crippen molar-refractivity contribution in [3.05, 3.63) is 23.4 Å². The van der Waals surface area contributed by atoms with Gasteiger partial charge in [0.15, 0.2) is 0 Å². The highest BCUT2D eigenvalue weighted by Gasteiger charge is 2.23. The van der Waals surface area contributed by atoms with Gasteiger partial charge < -0.3 is 15.5 Å². The van der Waals surface area contributed by atoms with Crippen LogP contribution in [0.3, 0.4) is 0 Å². The van der Waals surface area contributed by atoms with Crippen molar-refractivity contribution in [1.29, 1.82) is 0 Å². The van der Waals surface area contributed by atoms with Gasteiger partial charge in [0.1, 0.15) is 10.8 Å². The van der Waals surface area contributed by atoms with Gasteiger partial charge in [-0.15, -0.1) is 0 Å². The van der Waals surface area contributed by atoms with Gasteiger partial charge in [-0.3, -0.25) is 4.79 Å². The highest BCUT2D eigenvalue weighted by atomic mass is 32.1. The molecule has 5 nitrogen and oxygen atoms in total. The lowest BCUT2D eigenvalue weighted by Gasteiger charge is -2.23. The zero-order valence-corrected chi connectivity index (χ0v) is 12.0. The lowest BCUT2D eigenvalue weighted by atomic mass is 10.1. The molecule has 1 fully saturated rings. The maximum atomic E-state index is 12.0. The number of amides is 1. The molecule has 6 heteroatoms. The smallest absolute Gasteiger partial charge is 0.241 e. The number of hydrogen-bond donors (Lipinski definition) is 1. The molecule has 0 aromatic carbocycles. The van der Waals surface area contributed by atoms with E-state index in [9.17, 15) is 4.79 Å². The summed E-state index contributed by atoms with van der Waals surface area (Å²) in [6, 6.07) is 1.88. The van der Waals surface area contributed by atoms with E-state index in [2.05, 4.69) is 4.98 Å². The number of rotatable bonds is 2. The second kappa shape index (κ2) is 5.52. The summed E-state index contributed by atoms with van der Waals surface area (Å²) < 4.78 is 0. The van der Waals surface area contributed by atoms with Crippen molar-refractivity contribution in [3.8, 4) is 0 Å². The fourth-order valence-electron chi connectivity index (χ4n) is 2.26. The number of hydrogen-bond acceptors (Lipinski definition) is 4. The summed E-state index contributed by atoms with van der Waals surface area (Å²) in [6.07, 6.45) is 2.64. The zero-order valence-electron chi connectivity index (χ0n) is 11.2. The number of aryl methyl sites for hydroxylation is 1. The third-order valence-corrected chi connectivity index (χ3v) is 3.56. The predicted octanol–water partition coefficient (Wildman–Crippen LogP) is 0.693. The van der Waals surface area contributed by atoms with Crippen molar-refractivity contribution < 1.29 is 4.79 Å². The molecule has 1 saturated heterocycles. The first-order chi connectivity index (χ1) is 9.00. The number of anilines is 1. The lowest BCUT2D eigenvalue weighted by Crippen LogP contribution is -2.36. The predicted molar refractivity (Wildman–Crippen MR) is 79.3 cm³/mol. The van der Waals surface area contributed by atoms with Crippen molar-refractivity contribution in [2.75, 3.05) is 31.6 Å². The summed E-state index contributed by atoms with van der Waals surface area (Å²) >= 11 is 5.11. The van der Waals surface area contributed by atoms with Gasteiger partial charge in [0, 0.05) is 26.3 Å². The Morgan fingerprint density at radius 3 is 2.89 bits per heavy atom. The Morgan fingerprint density at radius 1 is 1.47 bits per heavy atom. The molecular weight excluding hydrogens is 260 g/mol. The van der Waals surface area contributed by atoms with Crippen LogP contribution in [0.1, 0.15) is 17.5 Å². The lowest BCUT2D eigenvalue weighted by molar-refractivity contribution is -0.127. The van der Waals surface area contributed by atoms with Crippen LogP contribution in [0.5, 0.6) is 0 Å². The normalized spacial score (nSPS) is 16.4. The van der Waals surface area contributed by atoms with Crippen LogP contribution in [-0.2, 0) is 4.79 Å². The van der Waals surface area contributed by atoms with E-state index in [0.29, 0.717) is 11.5 Å². The van der Waals surface area contributed by atoms with Crippen molar-refractivity contribution >= 4 is 28.9 Å². The van der Waals surface area contributed by atoms with Crippen LogP contribution in [0.25, 0.3) is 0 Å². The Balaban J connectivity index is 2.38. The molecule has 1 aliphatic rings. The number of thiocarbonyl (C=S) groups is 1. The zero-order chi connectivity index (χ0) is 14.0. The molecule has 1 aromatic rings. The van der Waals surface area contributed by atoms with E-state index < -0.39 is 0 Å². The first-order valence-corrected chi connectivity index (χ1v) is 6.66. The molecular formula is C13H18N4OS. The molecule has 0 saturated carbocycles. The molecule has 1 aliphatic heterocycles. The molecule has 0 aliphatic carbocycles. The number of nitrogens with two attached hydrogens (primary N) is 1. The summed E-state index contributed by atoms with van der Waals surface area (Å²) in [4.78, 5) is 20.4. The number of likely N-dealkylation sites (N-methyl/N-ethyl adjacent to an activating group) is 1. The molecule has 0 atom stereocenters. The van der Waals surface area contributed by atoms with Crippen LogP contribution in [0.15, 0.2) is 12.3 Å². The number of carbonyl (C=O) groups excluding carboxylic acids is 1. The summed E-state index contributed by atoms with van der Waals surface area (Å²) in [5.74, 6) is 0.811. The standard InChI is InChI=1S/C13H18N4OS/c1-9-4-5-15-13(11(9)12(14)19)17-7-3-6-16(2)10(18)8-17/h4-5H,3,6-8H2,1-2H3,(H2,14,19). The van der Waals surface area contributed by atoms with Crippen molar-refractivity contribution in [2.45, 2.75) is 13.3 Å². The monoisotopic (exact) mass is 278 g/mol. The molecule has 0 bridgehead atoms. The van der Waals surface area contributed by atoms with Crippen LogP contribution >= 0.6 is 12.2 Å². The molecule has 1 amide bonds. The van der Waals surface area contributed by atoms with Gasteiger partial charge in [0.2, 0.25) is 5.91 Å². The Kier molecular flexibility index (Phi) is 3.99. The van der Waals surface area contributed by atoms with Crippen LogP contribution in [-0.4, -0.2) is 47.5 Å². The highest BCUT2D eigenvalue weighted by Crippen LogP contribution is 2.22. The van der Waals surface area contributed by atoms with Gasteiger partial charge in [-0.1, -0.05) is 12.2 Å². The average Bonchev–Trinajstić information content (AvgIpc) is 2.51. The van der Waals surface area contributed by atoms with Gasteiger partial charge in [0.25, 0.3) is 0 Å². The molecule has 2 heterocycles. The third-order valence-electron chi connectivity index (χ3n) is 3.36. The number of carbonyl (C=O) groups is 1. The van der Waals surface area contributed by atoms with Gasteiger partial charge in [-0.2, -0.15) is 0 Å². The van der Waals surface area contributed by atoms with E-state index in [-0.39, 0.29) is 5.91 Å². The largest absolute Gasteiger partial charge is 0.389 e. The van der Waals surface area contributed by atoms with Crippen molar-refractivity contribution in [1.82, 2.24) is 9.88 Å². The Hall–Kier alpha value is -1.69. The van der Waals surface area contributed by atoms with Crippen LogP contribution < -0.4 is 10.6 Å². The molecule has 1 aromatic heterocycles. The van der Waals surface area contributed by atoms with Crippen LogP contribution in [0.2, 0.25) is 0 Å². The second-order valence-corrected chi connectivity index (χ2v) is 5.22. The Morgan fingerprint density at radius 2 is 2.21 bits per heavy atom. The molecule has 0 spiro atoms. The topological polar surface area (TPSA) is 62.5 Å². The van der Waals surface area contributed by atoms with Gasteiger partial charge in [-0.25, -0.2) is 4.98 Å². The first kappa shape index (κ1) is 13.7. The van der Waals surface area contributed by atoms with Gasteiger partial charge >= 0.3 is 0 Å². The molecule has 0 radical (unpaired) electrons. The Labute approximate surface area is 118 Å². The SMILES string of the molecule is Cc1ccnc(N2CCCN(C)C(=O)C2)c1C(N)=S. The summed E-state index contributed by atoms with van der Waals surface area (Å²) in [7, 11) is 1.82. The van der Waals surface area contributed by atoms with E-state index in [0.717, 1.165) is 36.5 Å². The quantitative estimate of drug-likeness (QED) is 0.807. The number of pyridine rings is 1. The molecule has 2 N–H and O–H groups in total. The van der Waals surface area contributed by atoms with E-state index in [1.165, 1.54) is 0 Å². The maximum Gasteiger partial charge on any atom is 0.241 e. The van der Waals surface area contributed by atoms with Crippen LogP contribution in [0, 0.1) is 6.92 Å². The minimum absolute atomic E-state index is 0.0923. The molecule has 102 valence electrons. The summed E-state index contributed by atoms with van der Waals surface area (Å²) in [6.45, 7) is 3.82. The van der Waals surface area contributed by atoms with Gasteiger partial charge in [0.05, 0.1) is 12.1 Å². The van der Waals surface area contributed by atoms with E-state index in [4.69, 9.17) is 18.0 Å². The fraction of sp³-hybridized carbons (Fsp3) is 0.462. The number of aromatic nitrogens is 1. The minimum atomic E-state index is 0.0923. The Bertz CT molecular complexity index is 517. The van der Waals surface area contributed by atoms with E-state index in [1.54, 1.807) is 11.1 Å². The van der Waals surface area contributed by atoms with Crippen molar-refractivity contribution in [2.24, 2.45) is 5.73 Å². The second-order valence-electron chi connectivity index (χ2n) is 4.78. The van der Waals surface area contributed by atoms with Crippen LogP contribution in [0.4, 0.5) is 5.82 Å². The summed E-state index contributed by atoms with van der Waals surface area (Å²) in [5, 5.41) is 0. The third kappa shape index (κ3) is 2.84. The molecule has 19 heavy (non-hydrogen) atoms. The van der Waals surface area contributed by atoms with E-state index >= 15 is 0 Å². The fourth-order valence-corrected chi connectivity index (χ4v) is 2.51.